The minimum Gasteiger partial charge on any atom is -0.493 e. The molecule has 1 heterocycles. The number of amides is 1. The maximum atomic E-state index is 15.4. The van der Waals surface area contributed by atoms with Crippen LogP contribution in [0, 0.1) is 5.82 Å². The summed E-state index contributed by atoms with van der Waals surface area (Å²) in [5, 5.41) is 0.913. The van der Waals surface area contributed by atoms with Gasteiger partial charge in [0.2, 0.25) is 5.91 Å². The largest absolute Gasteiger partial charge is 0.493 e. The van der Waals surface area contributed by atoms with Crippen molar-refractivity contribution < 1.29 is 18.7 Å². The topological polar surface area (TPSA) is 38.8 Å². The lowest BCUT2D eigenvalue weighted by Crippen LogP contribution is -2.50. The van der Waals surface area contributed by atoms with Gasteiger partial charge in [-0.2, -0.15) is 0 Å². The fourth-order valence-electron chi connectivity index (χ4n) is 5.90. The first-order valence-corrected chi connectivity index (χ1v) is 12.9. The Morgan fingerprint density at radius 1 is 1.00 bits per heavy atom. The molecule has 1 unspecified atom stereocenters. The molecule has 0 bridgehead atoms. The van der Waals surface area contributed by atoms with Crippen molar-refractivity contribution in [2.75, 3.05) is 20.8 Å². The van der Waals surface area contributed by atoms with E-state index in [1.165, 1.54) is 6.07 Å². The Bertz CT molecular complexity index is 1270. The van der Waals surface area contributed by atoms with Crippen molar-refractivity contribution in [2.45, 2.75) is 43.6 Å². The summed E-state index contributed by atoms with van der Waals surface area (Å²) in [6.07, 6.45) is 3.99. The van der Waals surface area contributed by atoms with Gasteiger partial charge in [-0.15, -0.1) is 0 Å². The average molecular weight is 528 g/mol. The molecule has 1 aliphatic heterocycles. The van der Waals surface area contributed by atoms with E-state index in [1.54, 1.807) is 26.4 Å². The van der Waals surface area contributed by atoms with Crippen molar-refractivity contribution in [3.05, 3.63) is 92.7 Å². The molecule has 2 aliphatic rings. The van der Waals surface area contributed by atoms with Gasteiger partial charge in [-0.3, -0.25) is 4.79 Å². The summed E-state index contributed by atoms with van der Waals surface area (Å²) in [4.78, 5) is 16.4. The van der Waals surface area contributed by atoms with E-state index in [0.29, 0.717) is 35.1 Å². The van der Waals surface area contributed by atoms with Gasteiger partial charge in [0.15, 0.2) is 11.5 Å². The van der Waals surface area contributed by atoms with Crippen LogP contribution in [-0.4, -0.2) is 31.6 Å². The Morgan fingerprint density at radius 2 is 1.67 bits per heavy atom. The van der Waals surface area contributed by atoms with Gasteiger partial charge in [0.1, 0.15) is 5.82 Å². The summed E-state index contributed by atoms with van der Waals surface area (Å²) < 4.78 is 26.5. The Morgan fingerprint density at radius 3 is 2.31 bits per heavy atom. The van der Waals surface area contributed by atoms with Crippen molar-refractivity contribution in [1.82, 2.24) is 4.90 Å². The maximum absolute atomic E-state index is 15.4. The SMILES string of the molecule is COc1cc2c(cc1OC)C(c1c(F)cccc1Cl)N(C(=O)C1(c3ccc(Cl)cc3)CCCC1)CC2. The number of ether oxygens (including phenoxy) is 2. The second-order valence-corrected chi connectivity index (χ2v) is 10.3. The van der Waals surface area contributed by atoms with Crippen LogP contribution in [0.5, 0.6) is 11.5 Å². The van der Waals surface area contributed by atoms with E-state index in [0.717, 1.165) is 42.4 Å². The number of carbonyl (C=O) groups is 1. The van der Waals surface area contributed by atoms with E-state index in [-0.39, 0.29) is 10.9 Å². The lowest BCUT2D eigenvalue weighted by atomic mass is 9.76. The van der Waals surface area contributed by atoms with Crippen LogP contribution >= 0.6 is 23.2 Å². The molecular weight excluding hydrogens is 500 g/mol. The molecule has 1 fully saturated rings. The summed E-state index contributed by atoms with van der Waals surface area (Å²) in [5.74, 6) is 0.672. The van der Waals surface area contributed by atoms with Gasteiger partial charge in [-0.25, -0.2) is 4.39 Å². The van der Waals surface area contributed by atoms with Crippen LogP contribution in [0.1, 0.15) is 54.0 Å². The molecule has 1 atom stereocenters. The molecule has 0 N–H and O–H groups in total. The van der Waals surface area contributed by atoms with Crippen LogP contribution in [-0.2, 0) is 16.6 Å². The molecule has 3 aromatic rings. The summed E-state index contributed by atoms with van der Waals surface area (Å²) in [6.45, 7) is 0.436. The summed E-state index contributed by atoms with van der Waals surface area (Å²) in [6, 6.07) is 15.3. The smallest absolute Gasteiger partial charge is 0.234 e. The summed E-state index contributed by atoms with van der Waals surface area (Å²) in [5.41, 5.74) is 2.33. The Kier molecular flexibility index (Phi) is 6.88. The number of hydrogen-bond donors (Lipinski definition) is 0. The standard InChI is InChI=1S/C29H28Cl2FNO3/c1-35-24-16-18-12-15-33(28(34)29(13-3-4-14-29)19-8-10-20(30)11-9-19)27(21(18)17-25(24)36-2)26-22(31)6-5-7-23(26)32/h5-11,16-17,27H,3-4,12-15H2,1-2H3. The van der Waals surface area contributed by atoms with Gasteiger partial charge in [-0.05, 0) is 72.4 Å². The molecule has 0 radical (unpaired) electrons. The van der Waals surface area contributed by atoms with E-state index < -0.39 is 17.3 Å². The molecule has 1 saturated carbocycles. The van der Waals surface area contributed by atoms with Crippen molar-refractivity contribution in [1.29, 1.82) is 0 Å². The molecule has 1 amide bonds. The molecule has 3 aromatic carbocycles. The summed E-state index contributed by atoms with van der Waals surface area (Å²) >= 11 is 12.8. The quantitative estimate of drug-likeness (QED) is 0.354. The Labute approximate surface area is 220 Å². The highest BCUT2D eigenvalue weighted by atomic mass is 35.5. The van der Waals surface area contributed by atoms with Crippen molar-refractivity contribution in [2.24, 2.45) is 0 Å². The van der Waals surface area contributed by atoms with Crippen LogP contribution in [0.4, 0.5) is 4.39 Å². The van der Waals surface area contributed by atoms with Crippen LogP contribution in [0.15, 0.2) is 54.6 Å². The highest BCUT2D eigenvalue weighted by Crippen LogP contribution is 2.48. The van der Waals surface area contributed by atoms with E-state index in [2.05, 4.69) is 0 Å². The van der Waals surface area contributed by atoms with Crippen LogP contribution in [0.3, 0.4) is 0 Å². The number of carbonyl (C=O) groups excluding carboxylic acids is 1. The molecule has 0 aromatic heterocycles. The maximum Gasteiger partial charge on any atom is 0.234 e. The number of rotatable bonds is 5. The van der Waals surface area contributed by atoms with Crippen LogP contribution in [0.2, 0.25) is 10.0 Å². The number of nitrogens with zero attached hydrogens (tertiary/aromatic N) is 1. The second-order valence-electron chi connectivity index (χ2n) is 9.49. The lowest BCUT2D eigenvalue weighted by Gasteiger charge is -2.43. The van der Waals surface area contributed by atoms with Crippen molar-refractivity contribution in [3.8, 4) is 11.5 Å². The fraction of sp³-hybridized carbons (Fsp3) is 0.345. The fourth-order valence-corrected chi connectivity index (χ4v) is 6.29. The molecule has 36 heavy (non-hydrogen) atoms. The molecule has 0 saturated heterocycles. The van der Waals surface area contributed by atoms with Crippen LogP contribution < -0.4 is 9.47 Å². The number of benzene rings is 3. The highest BCUT2D eigenvalue weighted by Gasteiger charge is 2.48. The predicted octanol–water partition coefficient (Wildman–Crippen LogP) is 7.14. The first-order valence-electron chi connectivity index (χ1n) is 12.2. The van der Waals surface area contributed by atoms with Gasteiger partial charge in [0.25, 0.3) is 0 Å². The lowest BCUT2D eigenvalue weighted by molar-refractivity contribution is -0.139. The monoisotopic (exact) mass is 527 g/mol. The van der Waals surface area contributed by atoms with Crippen LogP contribution in [0.25, 0.3) is 0 Å². The molecule has 0 spiro atoms. The van der Waals surface area contributed by atoms with E-state index >= 15 is 4.39 Å². The molecule has 5 rings (SSSR count). The predicted molar refractivity (Wildman–Crippen MR) is 140 cm³/mol. The summed E-state index contributed by atoms with van der Waals surface area (Å²) in [7, 11) is 3.15. The zero-order valence-electron chi connectivity index (χ0n) is 20.3. The van der Waals surface area contributed by atoms with Gasteiger partial charge in [0, 0.05) is 22.2 Å². The zero-order chi connectivity index (χ0) is 25.4. The normalized spacial score (nSPS) is 18.6. The Hall–Kier alpha value is -2.76. The van der Waals surface area contributed by atoms with Crippen molar-refractivity contribution >= 4 is 29.1 Å². The Balaban J connectivity index is 1.69. The van der Waals surface area contributed by atoms with Gasteiger partial charge in [0.05, 0.1) is 25.7 Å². The first kappa shape index (κ1) is 24.9. The molecule has 1 aliphatic carbocycles. The van der Waals surface area contributed by atoms with E-state index in [9.17, 15) is 4.79 Å². The highest BCUT2D eigenvalue weighted by molar-refractivity contribution is 6.31. The van der Waals surface area contributed by atoms with Crippen molar-refractivity contribution in [3.63, 3.8) is 0 Å². The minimum atomic E-state index is -0.695. The molecule has 7 heteroatoms. The van der Waals surface area contributed by atoms with Gasteiger partial charge < -0.3 is 14.4 Å². The molecule has 4 nitrogen and oxygen atoms in total. The van der Waals surface area contributed by atoms with E-state index in [1.807, 2.05) is 41.3 Å². The average Bonchev–Trinajstić information content (AvgIpc) is 3.39. The first-order chi connectivity index (χ1) is 17.4. The van der Waals surface area contributed by atoms with Gasteiger partial charge in [-0.1, -0.05) is 54.2 Å². The zero-order valence-corrected chi connectivity index (χ0v) is 21.8. The van der Waals surface area contributed by atoms with Gasteiger partial charge >= 0.3 is 0 Å². The number of fused-ring (bicyclic) bond motifs is 1. The molecular formula is C29H28Cl2FNO3. The third kappa shape index (κ3) is 4.12. The number of methoxy groups -OCH3 is 2. The third-order valence-electron chi connectivity index (χ3n) is 7.67. The third-order valence-corrected chi connectivity index (χ3v) is 8.25. The molecule has 188 valence electrons. The second kappa shape index (κ2) is 9.95. The minimum absolute atomic E-state index is 0.00734. The number of hydrogen-bond acceptors (Lipinski definition) is 3. The number of halogens is 3. The van der Waals surface area contributed by atoms with E-state index in [4.69, 9.17) is 32.7 Å².